The van der Waals surface area contributed by atoms with Gasteiger partial charge < -0.3 is 24.6 Å². The highest BCUT2D eigenvalue weighted by atomic mass is 32.2. The smallest absolute Gasteiger partial charge is 0.223 e. The molecule has 0 aliphatic carbocycles. The minimum absolute atomic E-state index is 0.0551. The van der Waals surface area contributed by atoms with Crippen molar-refractivity contribution in [1.82, 2.24) is 5.32 Å². The minimum Gasteiger partial charge on any atom is -0.493 e. The summed E-state index contributed by atoms with van der Waals surface area (Å²) in [6.07, 6.45) is 2.12. The number of ether oxygens (including phenoxy) is 3. The van der Waals surface area contributed by atoms with Crippen LogP contribution in [-0.2, 0) is 25.8 Å². The highest BCUT2D eigenvalue weighted by Crippen LogP contribution is 2.32. The Kier molecular flexibility index (Phi) is 16.4. The van der Waals surface area contributed by atoms with Crippen LogP contribution in [0.25, 0.3) is 10.4 Å². The van der Waals surface area contributed by atoms with Gasteiger partial charge in [0.15, 0.2) is 11.5 Å². The predicted molar refractivity (Wildman–Crippen MR) is 170 cm³/mol. The fraction of sp³-hybridized carbons (Fsp3) is 0.774. The molecule has 0 saturated heterocycles. The molecule has 0 fully saturated rings. The highest BCUT2D eigenvalue weighted by molar-refractivity contribution is 7.90. The van der Waals surface area contributed by atoms with Crippen LogP contribution >= 0.6 is 0 Å². The zero-order valence-electron chi connectivity index (χ0n) is 27.5. The van der Waals surface area contributed by atoms with E-state index in [1.165, 1.54) is 6.26 Å². The average molecular weight is 627 g/mol. The number of amides is 1. The van der Waals surface area contributed by atoms with E-state index in [0.29, 0.717) is 37.6 Å². The number of hydrogen-bond acceptors (Lipinski definition) is 8. The number of nitrogens with zero attached hydrogens (tertiary/aromatic N) is 3. The molecule has 0 aromatic heterocycles. The summed E-state index contributed by atoms with van der Waals surface area (Å²) in [5, 5.41) is 18.1. The van der Waals surface area contributed by atoms with E-state index in [0.717, 1.165) is 12.0 Å². The number of benzene rings is 1. The first kappa shape index (κ1) is 38.5. The summed E-state index contributed by atoms with van der Waals surface area (Å²) in [5.74, 6) is 0.630. The lowest BCUT2D eigenvalue weighted by atomic mass is 9.80. The van der Waals surface area contributed by atoms with Crippen molar-refractivity contribution in [1.29, 1.82) is 0 Å². The molecule has 0 aliphatic rings. The van der Waals surface area contributed by atoms with Crippen molar-refractivity contribution in [3.63, 3.8) is 0 Å². The molecule has 0 spiro atoms. The van der Waals surface area contributed by atoms with Crippen molar-refractivity contribution >= 4 is 15.7 Å². The third kappa shape index (κ3) is 14.7. The number of rotatable bonds is 21. The van der Waals surface area contributed by atoms with Crippen LogP contribution in [0.4, 0.5) is 0 Å². The van der Waals surface area contributed by atoms with Gasteiger partial charge in [0.05, 0.1) is 31.6 Å². The summed E-state index contributed by atoms with van der Waals surface area (Å²) >= 11 is 0. The topological polar surface area (TPSA) is 160 Å². The van der Waals surface area contributed by atoms with Crippen LogP contribution < -0.4 is 14.8 Å². The standard InChI is InChI=1S/C31H54N4O7S/c1-21(2)24(15-23-11-12-28(41-8)29(16-23)42-14-10-13-40-7)17-26(34-35-32)27(36)18-25(22(3)4)30(37)33-19-31(5,6)20-43(9,38)39/h11-12,16,21-22,24-27,36H,10,13-15,17-20H2,1-9H3,(H,33,37)/t24-,25-,26-,27-/m0/s1. The lowest BCUT2D eigenvalue weighted by Crippen LogP contribution is -2.43. The van der Waals surface area contributed by atoms with Crippen LogP contribution in [0.1, 0.15) is 66.4 Å². The van der Waals surface area contributed by atoms with E-state index in [1.54, 1.807) is 28.1 Å². The van der Waals surface area contributed by atoms with E-state index in [9.17, 15) is 23.8 Å². The molecule has 0 radical (unpaired) electrons. The van der Waals surface area contributed by atoms with E-state index in [1.807, 2.05) is 32.0 Å². The van der Waals surface area contributed by atoms with Crippen molar-refractivity contribution in [2.24, 2.45) is 34.2 Å². The third-order valence-electron chi connectivity index (χ3n) is 7.64. The molecule has 11 nitrogen and oxygen atoms in total. The number of aliphatic hydroxyl groups is 1. The number of sulfone groups is 1. The molecule has 246 valence electrons. The largest absolute Gasteiger partial charge is 0.493 e. The maximum atomic E-state index is 13.2. The van der Waals surface area contributed by atoms with Crippen LogP contribution in [0, 0.1) is 29.1 Å². The second-order valence-electron chi connectivity index (χ2n) is 13.0. The van der Waals surface area contributed by atoms with Crippen molar-refractivity contribution in [3.8, 4) is 11.5 Å². The Balaban J connectivity index is 3.04. The normalized spacial score (nSPS) is 15.0. The van der Waals surface area contributed by atoms with Crippen LogP contribution in [-0.4, -0.2) is 77.6 Å². The molecule has 1 amide bonds. The first-order valence-corrected chi connectivity index (χ1v) is 17.1. The second-order valence-corrected chi connectivity index (χ2v) is 15.1. The summed E-state index contributed by atoms with van der Waals surface area (Å²) in [7, 11) is 0.0356. The van der Waals surface area contributed by atoms with Crippen molar-refractivity contribution in [3.05, 3.63) is 34.2 Å². The maximum absolute atomic E-state index is 13.2. The molecule has 0 heterocycles. The average Bonchev–Trinajstić information content (AvgIpc) is 2.90. The minimum atomic E-state index is -3.21. The van der Waals surface area contributed by atoms with Crippen LogP contribution in [0.5, 0.6) is 11.5 Å². The number of nitrogens with one attached hydrogen (secondary N) is 1. The zero-order valence-corrected chi connectivity index (χ0v) is 28.3. The summed E-state index contributed by atoms with van der Waals surface area (Å²) in [6.45, 7) is 12.8. The molecule has 0 bridgehead atoms. The number of hydrogen-bond donors (Lipinski definition) is 2. The van der Waals surface area contributed by atoms with Crippen LogP contribution in [0.3, 0.4) is 0 Å². The molecule has 0 unspecified atom stereocenters. The number of carbonyl (C=O) groups is 1. The molecule has 2 N–H and O–H groups in total. The Bertz CT molecular complexity index is 1150. The Morgan fingerprint density at radius 1 is 1.09 bits per heavy atom. The molecular weight excluding hydrogens is 572 g/mol. The highest BCUT2D eigenvalue weighted by Gasteiger charge is 2.32. The van der Waals surface area contributed by atoms with Crippen molar-refractivity contribution < 1.29 is 32.5 Å². The summed E-state index contributed by atoms with van der Waals surface area (Å²) in [4.78, 5) is 16.2. The zero-order chi connectivity index (χ0) is 32.8. The second kappa shape index (κ2) is 18.3. The maximum Gasteiger partial charge on any atom is 0.223 e. The number of carbonyl (C=O) groups excluding carboxylic acids is 1. The van der Waals surface area contributed by atoms with Gasteiger partial charge in [-0.05, 0) is 65.7 Å². The first-order chi connectivity index (χ1) is 20.0. The van der Waals surface area contributed by atoms with Gasteiger partial charge in [0.1, 0.15) is 9.84 Å². The lowest BCUT2D eigenvalue weighted by molar-refractivity contribution is -0.128. The van der Waals surface area contributed by atoms with Gasteiger partial charge in [0, 0.05) is 43.8 Å². The summed E-state index contributed by atoms with van der Waals surface area (Å²) < 4.78 is 40.1. The lowest BCUT2D eigenvalue weighted by Gasteiger charge is -2.31. The van der Waals surface area contributed by atoms with Gasteiger partial charge in [-0.3, -0.25) is 4.79 Å². The van der Waals surface area contributed by atoms with Gasteiger partial charge in [0.2, 0.25) is 5.91 Å². The quantitative estimate of drug-likeness (QED) is 0.0820. The first-order valence-electron chi connectivity index (χ1n) is 15.0. The fourth-order valence-electron chi connectivity index (χ4n) is 5.22. The summed E-state index contributed by atoms with van der Waals surface area (Å²) in [5.41, 5.74) is 9.73. The number of methoxy groups -OCH3 is 2. The van der Waals surface area contributed by atoms with Gasteiger partial charge in [-0.1, -0.05) is 52.7 Å². The van der Waals surface area contributed by atoms with E-state index in [-0.39, 0.29) is 42.4 Å². The molecule has 1 aromatic carbocycles. The van der Waals surface area contributed by atoms with Gasteiger partial charge in [-0.15, -0.1) is 0 Å². The molecule has 4 atom stereocenters. The Labute approximate surface area is 258 Å². The predicted octanol–water partition coefficient (Wildman–Crippen LogP) is 5.20. The molecule has 43 heavy (non-hydrogen) atoms. The monoisotopic (exact) mass is 626 g/mol. The third-order valence-corrected chi connectivity index (χ3v) is 8.94. The van der Waals surface area contributed by atoms with Gasteiger partial charge in [-0.2, -0.15) is 0 Å². The van der Waals surface area contributed by atoms with Gasteiger partial charge in [-0.25, -0.2) is 8.42 Å². The molecule has 1 aromatic rings. The van der Waals surface area contributed by atoms with E-state index in [4.69, 9.17) is 14.2 Å². The van der Waals surface area contributed by atoms with Crippen molar-refractivity contribution in [2.45, 2.75) is 79.4 Å². The SMILES string of the molecule is COCCCOc1cc(C[C@@H](C[C@H](N=[N+]=[N-])[C@@H](O)C[C@H](C(=O)NCC(C)(C)CS(C)(=O)=O)C(C)C)C(C)C)ccc1OC. The molecule has 0 aliphatic heterocycles. The Morgan fingerprint density at radius 3 is 2.30 bits per heavy atom. The van der Waals surface area contributed by atoms with Gasteiger partial charge >= 0.3 is 0 Å². The van der Waals surface area contributed by atoms with E-state index in [2.05, 4.69) is 29.2 Å². The van der Waals surface area contributed by atoms with E-state index < -0.39 is 33.3 Å². The number of azide groups is 1. The fourth-order valence-corrected chi connectivity index (χ4v) is 6.74. The Morgan fingerprint density at radius 2 is 1.77 bits per heavy atom. The molecular formula is C31H54N4O7S. The van der Waals surface area contributed by atoms with Crippen LogP contribution in [0.2, 0.25) is 0 Å². The van der Waals surface area contributed by atoms with Gasteiger partial charge in [0.25, 0.3) is 0 Å². The molecule has 1 rings (SSSR count). The molecule has 12 heteroatoms. The molecule has 0 saturated carbocycles. The van der Waals surface area contributed by atoms with Crippen molar-refractivity contribution in [2.75, 3.05) is 46.0 Å². The summed E-state index contributed by atoms with van der Waals surface area (Å²) in [6, 6.07) is 5.10. The van der Waals surface area contributed by atoms with Crippen LogP contribution in [0.15, 0.2) is 23.3 Å². The Hall–Kier alpha value is -2.53. The van der Waals surface area contributed by atoms with E-state index >= 15 is 0 Å². The number of aliphatic hydroxyl groups excluding tert-OH is 1.